The summed E-state index contributed by atoms with van der Waals surface area (Å²) < 4.78 is 6.12. The molecular formula is C21H22N4O2. The molecule has 1 fully saturated rings. The lowest BCUT2D eigenvalue weighted by Gasteiger charge is -2.34. The third kappa shape index (κ3) is 3.79. The Morgan fingerprint density at radius 1 is 1.04 bits per heavy atom. The van der Waals surface area contributed by atoms with Gasteiger partial charge in [0.15, 0.2) is 5.82 Å². The molecule has 2 aromatic carbocycles. The van der Waals surface area contributed by atoms with E-state index in [0.29, 0.717) is 17.1 Å². The number of hydrogen-bond donors (Lipinski definition) is 2. The van der Waals surface area contributed by atoms with E-state index in [0.717, 1.165) is 37.4 Å². The van der Waals surface area contributed by atoms with E-state index in [1.165, 1.54) is 0 Å². The van der Waals surface area contributed by atoms with Crippen molar-refractivity contribution in [2.24, 2.45) is 0 Å². The van der Waals surface area contributed by atoms with Crippen LogP contribution in [-0.4, -0.2) is 34.5 Å². The van der Waals surface area contributed by atoms with Crippen LogP contribution >= 0.6 is 0 Å². The van der Waals surface area contributed by atoms with Crippen molar-refractivity contribution in [3.8, 4) is 22.8 Å². The van der Waals surface area contributed by atoms with Gasteiger partial charge < -0.3 is 20.5 Å². The van der Waals surface area contributed by atoms with E-state index in [-0.39, 0.29) is 11.9 Å². The second-order valence-electron chi connectivity index (χ2n) is 6.66. The molecule has 1 saturated heterocycles. The molecule has 1 atom stereocenters. The van der Waals surface area contributed by atoms with Crippen LogP contribution in [0.4, 0.5) is 11.5 Å². The number of aromatic nitrogens is 2. The number of hydrogen-bond acceptors (Lipinski definition) is 6. The van der Waals surface area contributed by atoms with Gasteiger partial charge in [-0.05, 0) is 43.2 Å². The van der Waals surface area contributed by atoms with Crippen molar-refractivity contribution in [3.63, 3.8) is 0 Å². The number of phenols is 1. The number of para-hydroxylation sites is 2. The molecule has 6 heteroatoms. The maximum Gasteiger partial charge on any atom is 0.169 e. The molecule has 1 aliphatic heterocycles. The summed E-state index contributed by atoms with van der Waals surface area (Å²) in [5.74, 6) is 1.43. The molecule has 3 N–H and O–H groups in total. The number of benzene rings is 2. The van der Waals surface area contributed by atoms with E-state index < -0.39 is 0 Å². The predicted molar refractivity (Wildman–Crippen MR) is 106 cm³/mol. The average Bonchev–Trinajstić information content (AvgIpc) is 2.70. The Labute approximate surface area is 158 Å². The molecule has 138 valence electrons. The fraction of sp³-hybridized carbons (Fsp3) is 0.238. The van der Waals surface area contributed by atoms with Crippen LogP contribution in [0.15, 0.2) is 60.7 Å². The first-order valence-electron chi connectivity index (χ1n) is 9.09. The largest absolute Gasteiger partial charge is 0.507 e. The first kappa shape index (κ1) is 17.1. The summed E-state index contributed by atoms with van der Waals surface area (Å²) in [6, 6.07) is 18.8. The van der Waals surface area contributed by atoms with Gasteiger partial charge in [-0.25, -0.2) is 0 Å². The molecule has 0 amide bonds. The zero-order chi connectivity index (χ0) is 18.6. The van der Waals surface area contributed by atoms with Crippen molar-refractivity contribution in [2.45, 2.75) is 18.9 Å². The Balaban J connectivity index is 1.57. The first-order chi connectivity index (χ1) is 13.2. The van der Waals surface area contributed by atoms with E-state index in [1.807, 2.05) is 48.5 Å². The van der Waals surface area contributed by atoms with Crippen LogP contribution in [0, 0.1) is 0 Å². The number of aromatic hydroxyl groups is 1. The number of piperidine rings is 1. The van der Waals surface area contributed by atoms with E-state index in [1.54, 1.807) is 12.1 Å². The van der Waals surface area contributed by atoms with Crippen molar-refractivity contribution < 1.29 is 9.84 Å². The van der Waals surface area contributed by atoms with Crippen molar-refractivity contribution in [2.75, 3.05) is 23.7 Å². The number of anilines is 2. The van der Waals surface area contributed by atoms with Crippen molar-refractivity contribution in [1.82, 2.24) is 10.2 Å². The molecule has 2 heterocycles. The predicted octanol–water partition coefficient (Wildman–Crippen LogP) is 3.48. The Morgan fingerprint density at radius 2 is 1.81 bits per heavy atom. The quantitative estimate of drug-likeness (QED) is 0.739. The lowest BCUT2D eigenvalue weighted by molar-refractivity contribution is 0.179. The average molecular weight is 362 g/mol. The minimum absolute atomic E-state index is 0.0855. The number of ether oxygens (including phenoxy) is 1. The summed E-state index contributed by atoms with van der Waals surface area (Å²) in [6.07, 6.45) is 2.09. The van der Waals surface area contributed by atoms with Gasteiger partial charge in [-0.3, -0.25) is 0 Å². The summed E-state index contributed by atoms with van der Waals surface area (Å²) in [5.41, 5.74) is 8.18. The highest BCUT2D eigenvalue weighted by Crippen LogP contribution is 2.32. The summed E-state index contributed by atoms with van der Waals surface area (Å²) in [7, 11) is 0. The van der Waals surface area contributed by atoms with Crippen LogP contribution in [0.2, 0.25) is 0 Å². The Kier molecular flexibility index (Phi) is 4.78. The molecule has 6 nitrogen and oxygen atoms in total. The second kappa shape index (κ2) is 7.53. The number of nitrogens with two attached hydrogens (primary N) is 1. The van der Waals surface area contributed by atoms with Crippen LogP contribution in [0.5, 0.6) is 11.5 Å². The number of nitrogen functional groups attached to an aromatic ring is 1. The summed E-state index contributed by atoms with van der Waals surface area (Å²) in [6.45, 7) is 1.61. The zero-order valence-electron chi connectivity index (χ0n) is 15.0. The fourth-order valence-corrected chi connectivity index (χ4v) is 3.41. The fourth-order valence-electron chi connectivity index (χ4n) is 3.41. The molecule has 0 saturated carbocycles. The second-order valence-corrected chi connectivity index (χ2v) is 6.66. The molecule has 0 aliphatic carbocycles. The molecule has 1 unspecified atom stereocenters. The van der Waals surface area contributed by atoms with Crippen LogP contribution in [0.3, 0.4) is 0 Å². The first-order valence-corrected chi connectivity index (χ1v) is 9.09. The minimum Gasteiger partial charge on any atom is -0.507 e. The maximum absolute atomic E-state index is 10.1. The van der Waals surface area contributed by atoms with E-state index in [9.17, 15) is 5.11 Å². The Morgan fingerprint density at radius 3 is 2.63 bits per heavy atom. The summed E-state index contributed by atoms with van der Waals surface area (Å²) in [5, 5.41) is 18.4. The van der Waals surface area contributed by atoms with Crippen LogP contribution in [0.25, 0.3) is 11.3 Å². The van der Waals surface area contributed by atoms with Gasteiger partial charge in [-0.1, -0.05) is 30.3 Å². The Bertz CT molecular complexity index is 917. The smallest absolute Gasteiger partial charge is 0.169 e. The molecule has 0 spiro atoms. The van der Waals surface area contributed by atoms with Crippen molar-refractivity contribution >= 4 is 11.5 Å². The van der Waals surface area contributed by atoms with Crippen LogP contribution in [-0.2, 0) is 0 Å². The lowest BCUT2D eigenvalue weighted by atomic mass is 10.1. The van der Waals surface area contributed by atoms with Crippen LogP contribution < -0.4 is 15.4 Å². The number of rotatable bonds is 4. The van der Waals surface area contributed by atoms with E-state index >= 15 is 0 Å². The van der Waals surface area contributed by atoms with Gasteiger partial charge in [-0.2, -0.15) is 0 Å². The van der Waals surface area contributed by atoms with E-state index in [4.69, 9.17) is 10.5 Å². The van der Waals surface area contributed by atoms with Gasteiger partial charge in [-0.15, -0.1) is 10.2 Å². The highest BCUT2D eigenvalue weighted by Gasteiger charge is 2.24. The van der Waals surface area contributed by atoms with Crippen molar-refractivity contribution in [3.05, 3.63) is 60.7 Å². The van der Waals surface area contributed by atoms with Crippen LogP contribution in [0.1, 0.15) is 12.8 Å². The molecule has 1 aromatic heterocycles. The lowest BCUT2D eigenvalue weighted by Crippen LogP contribution is -2.41. The monoisotopic (exact) mass is 362 g/mol. The summed E-state index contributed by atoms with van der Waals surface area (Å²) >= 11 is 0. The molecule has 1 aliphatic rings. The van der Waals surface area contributed by atoms with Gasteiger partial charge in [0.25, 0.3) is 0 Å². The summed E-state index contributed by atoms with van der Waals surface area (Å²) in [4.78, 5) is 2.19. The van der Waals surface area contributed by atoms with Gasteiger partial charge in [0, 0.05) is 12.1 Å². The number of phenolic OH excluding ortho intramolecular Hbond substituents is 1. The molecule has 3 aromatic rings. The number of nitrogens with zero attached hydrogens (tertiary/aromatic N) is 3. The van der Waals surface area contributed by atoms with Gasteiger partial charge in [0.1, 0.15) is 17.6 Å². The highest BCUT2D eigenvalue weighted by molar-refractivity contribution is 5.74. The van der Waals surface area contributed by atoms with E-state index in [2.05, 4.69) is 15.1 Å². The Hall–Kier alpha value is -3.28. The standard InChI is InChI=1S/C21H22N4O2/c22-21-19(13-18(23-24-21)17-10-4-5-11-20(17)26)25-12-6-9-16(14-25)27-15-7-2-1-3-8-15/h1-5,7-8,10-11,13,16,26H,6,9,12,14H2,(H2,22,24). The molecule has 0 radical (unpaired) electrons. The zero-order valence-corrected chi connectivity index (χ0v) is 15.0. The third-order valence-electron chi connectivity index (χ3n) is 4.75. The van der Waals surface area contributed by atoms with Crippen molar-refractivity contribution in [1.29, 1.82) is 0 Å². The maximum atomic E-state index is 10.1. The van der Waals surface area contributed by atoms with Gasteiger partial charge in [0.05, 0.1) is 17.9 Å². The minimum atomic E-state index is 0.0855. The highest BCUT2D eigenvalue weighted by atomic mass is 16.5. The molecule has 4 rings (SSSR count). The normalized spacial score (nSPS) is 16.9. The molecule has 0 bridgehead atoms. The topological polar surface area (TPSA) is 84.5 Å². The molecular weight excluding hydrogens is 340 g/mol. The SMILES string of the molecule is Nc1nnc(-c2ccccc2O)cc1N1CCCC(Oc2ccccc2)C1. The van der Waals surface area contributed by atoms with Gasteiger partial charge >= 0.3 is 0 Å². The molecule has 27 heavy (non-hydrogen) atoms. The van der Waals surface area contributed by atoms with Gasteiger partial charge in [0.2, 0.25) is 0 Å². The third-order valence-corrected chi connectivity index (χ3v) is 4.75.